The molecule has 0 aliphatic carbocycles. The Kier molecular flexibility index (Phi) is 2.78. The molecule has 1 unspecified atom stereocenters. The lowest BCUT2D eigenvalue weighted by Crippen LogP contribution is -2.28. The van der Waals surface area contributed by atoms with Crippen LogP contribution < -0.4 is 9.47 Å². The molecule has 0 aromatic heterocycles. The monoisotopic (exact) mass is 224 g/mol. The van der Waals surface area contributed by atoms with Crippen LogP contribution in [0.4, 0.5) is 0 Å². The van der Waals surface area contributed by atoms with E-state index in [1.54, 1.807) is 32.0 Å². The van der Waals surface area contributed by atoms with Gasteiger partial charge in [-0.05, 0) is 31.5 Å². The Balaban J connectivity index is 2.30. The normalized spacial score (nSPS) is 17.0. The summed E-state index contributed by atoms with van der Waals surface area (Å²) < 4.78 is 10.8. The van der Waals surface area contributed by atoms with Gasteiger partial charge in [0.05, 0.1) is 5.60 Å². The lowest BCUT2D eigenvalue weighted by Gasteiger charge is -2.26. The molecule has 0 bridgehead atoms. The molecule has 0 amide bonds. The molecular weight excluding hydrogens is 208 g/mol. The van der Waals surface area contributed by atoms with Gasteiger partial charge >= 0.3 is 0 Å². The molecule has 0 saturated carbocycles. The lowest BCUT2D eigenvalue weighted by molar-refractivity contribution is -0.0498. The van der Waals surface area contributed by atoms with Crippen molar-refractivity contribution in [3.8, 4) is 11.5 Å². The third kappa shape index (κ3) is 2.13. The summed E-state index contributed by atoms with van der Waals surface area (Å²) >= 11 is 0. The number of aliphatic hydroxyl groups is 2. The number of rotatable bonds is 2. The van der Waals surface area contributed by atoms with Gasteiger partial charge in [0.1, 0.15) is 19.3 Å². The van der Waals surface area contributed by atoms with Crippen LogP contribution in [0.15, 0.2) is 18.2 Å². The standard InChI is InChI=1S/C12H16O4/c1-12(2,14)11(13)8-3-4-9-10(7-8)16-6-5-15-9/h3-4,7,11,13-14H,5-6H2,1-2H3. The summed E-state index contributed by atoms with van der Waals surface area (Å²) in [5.41, 5.74) is -0.555. The van der Waals surface area contributed by atoms with E-state index in [0.717, 1.165) is 0 Å². The minimum absolute atomic E-state index is 0.509. The largest absolute Gasteiger partial charge is 0.486 e. The van der Waals surface area contributed by atoms with Crippen LogP contribution in [0.1, 0.15) is 25.5 Å². The van der Waals surface area contributed by atoms with Gasteiger partial charge in [-0.15, -0.1) is 0 Å². The molecule has 0 spiro atoms. The van der Waals surface area contributed by atoms with Gasteiger partial charge in [-0.25, -0.2) is 0 Å². The van der Waals surface area contributed by atoms with Gasteiger partial charge in [0, 0.05) is 0 Å². The molecule has 16 heavy (non-hydrogen) atoms. The van der Waals surface area contributed by atoms with Gasteiger partial charge in [0.15, 0.2) is 11.5 Å². The van der Waals surface area contributed by atoms with Crippen LogP contribution >= 0.6 is 0 Å². The summed E-state index contributed by atoms with van der Waals surface area (Å²) in [7, 11) is 0. The zero-order valence-electron chi connectivity index (χ0n) is 9.43. The number of fused-ring (bicyclic) bond motifs is 1. The minimum Gasteiger partial charge on any atom is -0.486 e. The predicted molar refractivity (Wildman–Crippen MR) is 58.7 cm³/mol. The second-order valence-corrected chi connectivity index (χ2v) is 4.46. The Labute approximate surface area is 94.4 Å². The first kappa shape index (κ1) is 11.2. The highest BCUT2D eigenvalue weighted by Crippen LogP contribution is 2.35. The topological polar surface area (TPSA) is 58.9 Å². The molecule has 0 saturated heterocycles. The van der Waals surface area contributed by atoms with Gasteiger partial charge in [-0.2, -0.15) is 0 Å². The molecule has 1 aliphatic heterocycles. The molecule has 2 N–H and O–H groups in total. The number of benzene rings is 1. The number of ether oxygens (including phenoxy) is 2. The Morgan fingerprint density at radius 3 is 2.44 bits per heavy atom. The lowest BCUT2D eigenvalue weighted by atomic mass is 9.94. The predicted octanol–water partition coefficient (Wildman–Crippen LogP) is 1.26. The molecule has 1 aliphatic rings. The maximum absolute atomic E-state index is 9.91. The van der Waals surface area contributed by atoms with Crippen LogP contribution in [0.25, 0.3) is 0 Å². The van der Waals surface area contributed by atoms with Gasteiger partial charge < -0.3 is 19.7 Å². The molecule has 1 heterocycles. The van der Waals surface area contributed by atoms with Crippen molar-refractivity contribution in [3.05, 3.63) is 23.8 Å². The molecule has 4 nitrogen and oxygen atoms in total. The third-order valence-corrected chi connectivity index (χ3v) is 2.55. The zero-order chi connectivity index (χ0) is 11.8. The third-order valence-electron chi connectivity index (χ3n) is 2.55. The highest BCUT2D eigenvalue weighted by Gasteiger charge is 2.27. The van der Waals surface area contributed by atoms with Crippen molar-refractivity contribution in [2.24, 2.45) is 0 Å². The molecule has 2 rings (SSSR count). The summed E-state index contributed by atoms with van der Waals surface area (Å²) in [6.45, 7) is 4.18. The van der Waals surface area contributed by atoms with Crippen molar-refractivity contribution in [1.82, 2.24) is 0 Å². The van der Waals surface area contributed by atoms with Gasteiger partial charge in [-0.1, -0.05) is 6.07 Å². The van der Waals surface area contributed by atoms with Gasteiger partial charge in [0.2, 0.25) is 0 Å². The molecule has 1 atom stereocenters. The Hall–Kier alpha value is -1.26. The smallest absolute Gasteiger partial charge is 0.161 e. The van der Waals surface area contributed by atoms with Crippen molar-refractivity contribution in [2.45, 2.75) is 25.6 Å². The Bertz CT molecular complexity index is 381. The molecule has 1 aromatic rings. The van der Waals surface area contributed by atoms with E-state index in [2.05, 4.69) is 0 Å². The van der Waals surface area contributed by atoms with Crippen LogP contribution in [0.3, 0.4) is 0 Å². The van der Waals surface area contributed by atoms with Gasteiger partial charge in [-0.3, -0.25) is 0 Å². The van der Waals surface area contributed by atoms with Crippen LogP contribution in [0.5, 0.6) is 11.5 Å². The highest BCUT2D eigenvalue weighted by atomic mass is 16.6. The van der Waals surface area contributed by atoms with Crippen molar-refractivity contribution in [2.75, 3.05) is 13.2 Å². The summed E-state index contributed by atoms with van der Waals surface area (Å²) in [6, 6.07) is 5.19. The molecule has 0 fully saturated rings. The molecule has 88 valence electrons. The fourth-order valence-corrected chi connectivity index (χ4v) is 1.64. The van der Waals surface area contributed by atoms with Crippen LogP contribution in [0.2, 0.25) is 0 Å². The van der Waals surface area contributed by atoms with E-state index < -0.39 is 11.7 Å². The summed E-state index contributed by atoms with van der Waals surface area (Å²) in [5, 5.41) is 19.6. The minimum atomic E-state index is -1.18. The Morgan fingerprint density at radius 1 is 1.19 bits per heavy atom. The van der Waals surface area contributed by atoms with E-state index in [0.29, 0.717) is 30.3 Å². The summed E-state index contributed by atoms with van der Waals surface area (Å²) in [4.78, 5) is 0. The Morgan fingerprint density at radius 2 is 1.81 bits per heavy atom. The quantitative estimate of drug-likeness (QED) is 0.794. The fraction of sp³-hybridized carbons (Fsp3) is 0.500. The van der Waals surface area contributed by atoms with Crippen molar-refractivity contribution in [1.29, 1.82) is 0 Å². The molecule has 0 radical (unpaired) electrons. The second kappa shape index (κ2) is 3.96. The van der Waals surface area contributed by atoms with Crippen LogP contribution in [-0.4, -0.2) is 29.0 Å². The van der Waals surface area contributed by atoms with E-state index in [1.807, 2.05) is 0 Å². The van der Waals surface area contributed by atoms with Gasteiger partial charge in [0.25, 0.3) is 0 Å². The highest BCUT2D eigenvalue weighted by molar-refractivity contribution is 5.44. The summed E-state index contributed by atoms with van der Waals surface area (Å²) in [5.74, 6) is 1.30. The second-order valence-electron chi connectivity index (χ2n) is 4.46. The van der Waals surface area contributed by atoms with Crippen molar-refractivity contribution >= 4 is 0 Å². The van der Waals surface area contributed by atoms with E-state index in [4.69, 9.17) is 9.47 Å². The molecule has 1 aromatic carbocycles. The average molecular weight is 224 g/mol. The molecular formula is C12H16O4. The number of aliphatic hydroxyl groups excluding tert-OH is 1. The number of hydrogen-bond acceptors (Lipinski definition) is 4. The fourth-order valence-electron chi connectivity index (χ4n) is 1.64. The number of hydrogen-bond donors (Lipinski definition) is 2. The van der Waals surface area contributed by atoms with E-state index in [-0.39, 0.29) is 0 Å². The first-order valence-corrected chi connectivity index (χ1v) is 5.28. The first-order valence-electron chi connectivity index (χ1n) is 5.28. The van der Waals surface area contributed by atoms with Crippen LogP contribution in [-0.2, 0) is 0 Å². The van der Waals surface area contributed by atoms with Crippen molar-refractivity contribution in [3.63, 3.8) is 0 Å². The average Bonchev–Trinajstić information content (AvgIpc) is 2.26. The van der Waals surface area contributed by atoms with E-state index in [9.17, 15) is 10.2 Å². The van der Waals surface area contributed by atoms with Crippen LogP contribution in [0, 0.1) is 0 Å². The molecule has 4 heteroatoms. The zero-order valence-corrected chi connectivity index (χ0v) is 9.43. The first-order chi connectivity index (χ1) is 7.48. The SMILES string of the molecule is CC(C)(O)C(O)c1ccc2c(c1)OCCO2. The van der Waals surface area contributed by atoms with E-state index in [1.165, 1.54) is 0 Å². The van der Waals surface area contributed by atoms with Crippen molar-refractivity contribution < 1.29 is 19.7 Å². The maximum Gasteiger partial charge on any atom is 0.161 e. The van der Waals surface area contributed by atoms with E-state index >= 15 is 0 Å². The maximum atomic E-state index is 9.91. The summed E-state index contributed by atoms with van der Waals surface area (Å²) in [6.07, 6.45) is -0.941.